The zero-order chi connectivity index (χ0) is 13.7. The van der Waals surface area contributed by atoms with Crippen LogP contribution in [-0.4, -0.2) is 36.1 Å². The van der Waals surface area contributed by atoms with Crippen molar-refractivity contribution >= 4 is 0 Å². The first-order valence-corrected chi connectivity index (χ1v) is 7.77. The summed E-state index contributed by atoms with van der Waals surface area (Å²) in [5.41, 5.74) is 1.44. The van der Waals surface area contributed by atoms with Crippen LogP contribution in [0.2, 0.25) is 0 Å². The predicted octanol–water partition coefficient (Wildman–Crippen LogP) is 3.08. The SMILES string of the molecule is CCC(CC)N1CC(Cc2ccccc2)NCC1C. The minimum absolute atomic E-state index is 0.596. The average molecular weight is 260 g/mol. The second kappa shape index (κ2) is 7.06. The molecule has 1 N–H and O–H groups in total. The van der Waals surface area contributed by atoms with Crippen LogP contribution in [0.5, 0.6) is 0 Å². The third-order valence-corrected chi connectivity index (χ3v) is 4.44. The molecule has 1 aliphatic rings. The Morgan fingerprint density at radius 2 is 1.89 bits per heavy atom. The van der Waals surface area contributed by atoms with Crippen LogP contribution in [0.4, 0.5) is 0 Å². The van der Waals surface area contributed by atoms with Crippen molar-refractivity contribution in [1.29, 1.82) is 0 Å². The van der Waals surface area contributed by atoms with Gasteiger partial charge in [-0.05, 0) is 31.7 Å². The minimum atomic E-state index is 0.596. The summed E-state index contributed by atoms with van der Waals surface area (Å²) >= 11 is 0. The molecule has 2 rings (SSSR count). The molecule has 1 aliphatic heterocycles. The maximum atomic E-state index is 3.71. The highest BCUT2D eigenvalue weighted by molar-refractivity contribution is 5.16. The highest BCUT2D eigenvalue weighted by Gasteiger charge is 2.28. The molecule has 0 saturated carbocycles. The summed E-state index contributed by atoms with van der Waals surface area (Å²) in [5.74, 6) is 0. The smallest absolute Gasteiger partial charge is 0.0236 e. The zero-order valence-corrected chi connectivity index (χ0v) is 12.6. The number of rotatable bonds is 5. The van der Waals surface area contributed by atoms with Crippen LogP contribution in [0.3, 0.4) is 0 Å². The summed E-state index contributed by atoms with van der Waals surface area (Å²) in [6.45, 7) is 9.28. The zero-order valence-electron chi connectivity index (χ0n) is 12.6. The van der Waals surface area contributed by atoms with Crippen LogP contribution < -0.4 is 5.32 Å². The van der Waals surface area contributed by atoms with Gasteiger partial charge in [-0.25, -0.2) is 0 Å². The highest BCUT2D eigenvalue weighted by atomic mass is 15.2. The van der Waals surface area contributed by atoms with Gasteiger partial charge in [-0.15, -0.1) is 0 Å². The van der Waals surface area contributed by atoms with Crippen molar-refractivity contribution in [2.75, 3.05) is 13.1 Å². The quantitative estimate of drug-likeness (QED) is 0.875. The fourth-order valence-electron chi connectivity index (χ4n) is 3.26. The minimum Gasteiger partial charge on any atom is -0.311 e. The van der Waals surface area contributed by atoms with E-state index >= 15 is 0 Å². The number of piperazine rings is 1. The molecule has 1 fully saturated rings. The van der Waals surface area contributed by atoms with E-state index in [0.717, 1.165) is 19.0 Å². The van der Waals surface area contributed by atoms with E-state index in [1.165, 1.54) is 24.9 Å². The van der Waals surface area contributed by atoms with Gasteiger partial charge in [0.1, 0.15) is 0 Å². The molecule has 1 heterocycles. The van der Waals surface area contributed by atoms with Gasteiger partial charge in [0, 0.05) is 31.2 Å². The van der Waals surface area contributed by atoms with Gasteiger partial charge in [-0.2, -0.15) is 0 Å². The molecule has 0 spiro atoms. The van der Waals surface area contributed by atoms with Crippen molar-refractivity contribution in [3.8, 4) is 0 Å². The van der Waals surface area contributed by atoms with E-state index in [4.69, 9.17) is 0 Å². The second-order valence-corrected chi connectivity index (χ2v) is 5.81. The van der Waals surface area contributed by atoms with E-state index in [2.05, 4.69) is 61.3 Å². The molecule has 1 aromatic rings. The van der Waals surface area contributed by atoms with Gasteiger partial charge in [0.05, 0.1) is 0 Å². The Kier molecular flexibility index (Phi) is 5.41. The maximum absolute atomic E-state index is 3.71. The standard InChI is InChI=1S/C17H28N2/c1-4-17(5-2)19-13-16(18-12-14(19)3)11-15-9-7-6-8-10-15/h6-10,14,16-18H,4-5,11-13H2,1-3H3. The first-order valence-electron chi connectivity index (χ1n) is 7.77. The molecule has 2 unspecified atom stereocenters. The largest absolute Gasteiger partial charge is 0.311 e. The lowest BCUT2D eigenvalue weighted by Gasteiger charge is -2.43. The summed E-state index contributed by atoms with van der Waals surface area (Å²) in [6, 6.07) is 12.9. The number of nitrogens with zero attached hydrogens (tertiary/aromatic N) is 1. The van der Waals surface area contributed by atoms with Gasteiger partial charge in [0.15, 0.2) is 0 Å². The summed E-state index contributed by atoms with van der Waals surface area (Å²) in [4.78, 5) is 2.71. The Hall–Kier alpha value is -0.860. The number of hydrogen-bond donors (Lipinski definition) is 1. The Morgan fingerprint density at radius 3 is 2.53 bits per heavy atom. The van der Waals surface area contributed by atoms with Gasteiger partial charge < -0.3 is 5.32 Å². The molecular weight excluding hydrogens is 232 g/mol. The molecule has 2 heteroatoms. The van der Waals surface area contributed by atoms with Crippen molar-refractivity contribution in [1.82, 2.24) is 10.2 Å². The Labute approximate surface area is 118 Å². The molecule has 106 valence electrons. The summed E-state index contributed by atoms with van der Waals surface area (Å²) in [7, 11) is 0. The lowest BCUT2D eigenvalue weighted by molar-refractivity contribution is 0.0858. The molecule has 0 aliphatic carbocycles. The Bertz CT molecular complexity index is 359. The average Bonchev–Trinajstić information content (AvgIpc) is 2.45. The molecule has 0 aromatic heterocycles. The lowest BCUT2D eigenvalue weighted by atomic mass is 9.99. The number of hydrogen-bond acceptors (Lipinski definition) is 2. The van der Waals surface area contributed by atoms with Crippen LogP contribution >= 0.6 is 0 Å². The first-order chi connectivity index (χ1) is 9.24. The summed E-state index contributed by atoms with van der Waals surface area (Å²) in [6.07, 6.45) is 3.67. The van der Waals surface area contributed by atoms with E-state index in [1.54, 1.807) is 0 Å². The molecule has 1 saturated heterocycles. The van der Waals surface area contributed by atoms with E-state index in [1.807, 2.05) is 0 Å². The van der Waals surface area contributed by atoms with Crippen LogP contribution in [0.15, 0.2) is 30.3 Å². The molecule has 1 aromatic carbocycles. The van der Waals surface area contributed by atoms with Gasteiger partial charge >= 0.3 is 0 Å². The normalized spacial score (nSPS) is 24.8. The topological polar surface area (TPSA) is 15.3 Å². The summed E-state index contributed by atoms with van der Waals surface area (Å²) < 4.78 is 0. The van der Waals surface area contributed by atoms with Gasteiger partial charge in [-0.3, -0.25) is 4.90 Å². The third kappa shape index (κ3) is 3.80. The van der Waals surface area contributed by atoms with Crippen molar-refractivity contribution < 1.29 is 0 Å². The predicted molar refractivity (Wildman–Crippen MR) is 82.5 cm³/mol. The summed E-state index contributed by atoms with van der Waals surface area (Å²) in [5, 5.41) is 3.71. The van der Waals surface area contributed by atoms with E-state index in [-0.39, 0.29) is 0 Å². The Morgan fingerprint density at radius 1 is 1.21 bits per heavy atom. The van der Waals surface area contributed by atoms with Gasteiger partial charge in [0.25, 0.3) is 0 Å². The molecule has 0 amide bonds. The number of nitrogens with one attached hydrogen (secondary N) is 1. The number of benzene rings is 1. The third-order valence-electron chi connectivity index (χ3n) is 4.44. The van der Waals surface area contributed by atoms with E-state index in [0.29, 0.717) is 12.1 Å². The second-order valence-electron chi connectivity index (χ2n) is 5.81. The Balaban J connectivity index is 1.97. The van der Waals surface area contributed by atoms with Gasteiger partial charge in [-0.1, -0.05) is 44.2 Å². The maximum Gasteiger partial charge on any atom is 0.0236 e. The fourth-order valence-corrected chi connectivity index (χ4v) is 3.26. The highest BCUT2D eigenvalue weighted by Crippen LogP contribution is 2.18. The van der Waals surface area contributed by atoms with Gasteiger partial charge in [0.2, 0.25) is 0 Å². The van der Waals surface area contributed by atoms with Crippen LogP contribution in [0.1, 0.15) is 39.2 Å². The molecule has 2 atom stereocenters. The van der Waals surface area contributed by atoms with Crippen molar-refractivity contribution in [3.05, 3.63) is 35.9 Å². The fraction of sp³-hybridized carbons (Fsp3) is 0.647. The van der Waals surface area contributed by atoms with Crippen molar-refractivity contribution in [2.24, 2.45) is 0 Å². The van der Waals surface area contributed by atoms with E-state index < -0.39 is 0 Å². The molecular formula is C17H28N2. The first kappa shape index (κ1) is 14.5. The van der Waals surface area contributed by atoms with Crippen LogP contribution in [0, 0.1) is 0 Å². The van der Waals surface area contributed by atoms with Crippen LogP contribution in [0.25, 0.3) is 0 Å². The molecule has 0 radical (unpaired) electrons. The molecule has 19 heavy (non-hydrogen) atoms. The molecule has 2 nitrogen and oxygen atoms in total. The lowest BCUT2D eigenvalue weighted by Crippen LogP contribution is -2.58. The molecule has 0 bridgehead atoms. The monoisotopic (exact) mass is 260 g/mol. The van der Waals surface area contributed by atoms with Crippen LogP contribution in [-0.2, 0) is 6.42 Å². The van der Waals surface area contributed by atoms with E-state index in [9.17, 15) is 0 Å². The van der Waals surface area contributed by atoms with Crippen molar-refractivity contribution in [3.63, 3.8) is 0 Å². The van der Waals surface area contributed by atoms with Crippen molar-refractivity contribution in [2.45, 2.75) is 58.2 Å².